The molecule has 1 saturated heterocycles. The fraction of sp³-hybridized carbons (Fsp3) is 0.450. The molecule has 0 spiro atoms. The Kier molecular flexibility index (Phi) is 3.57. The molecule has 1 aromatic carbocycles. The summed E-state index contributed by atoms with van der Waals surface area (Å²) >= 11 is 0. The number of halogens is 1. The highest BCUT2D eigenvalue weighted by atomic mass is 19.1. The molecule has 3 fully saturated rings. The van der Waals surface area contributed by atoms with Gasteiger partial charge in [0.15, 0.2) is 0 Å². The van der Waals surface area contributed by atoms with Gasteiger partial charge >= 0.3 is 5.69 Å². The third kappa shape index (κ3) is 2.59. The van der Waals surface area contributed by atoms with Gasteiger partial charge in [-0.2, -0.15) is 4.98 Å². The first kappa shape index (κ1) is 17.5. The predicted molar refractivity (Wildman–Crippen MR) is 97.7 cm³/mol. The summed E-state index contributed by atoms with van der Waals surface area (Å²) in [6.07, 6.45) is 0.878. The Hall–Kier alpha value is -2.58. The zero-order chi connectivity index (χ0) is 19.7. The number of carbonyl (C=O) groups is 1. The molecule has 146 valence electrons. The van der Waals surface area contributed by atoms with E-state index in [0.29, 0.717) is 17.5 Å². The van der Waals surface area contributed by atoms with Gasteiger partial charge < -0.3 is 15.2 Å². The lowest BCUT2D eigenvalue weighted by Crippen LogP contribution is -2.36. The molecule has 2 aliphatic carbocycles. The Morgan fingerprint density at radius 1 is 1.36 bits per heavy atom. The first-order valence-electron chi connectivity index (χ1n) is 9.32. The van der Waals surface area contributed by atoms with Crippen LogP contribution in [0.15, 0.2) is 41.3 Å². The zero-order valence-corrected chi connectivity index (χ0v) is 15.3. The minimum absolute atomic E-state index is 0.0538. The second kappa shape index (κ2) is 5.71. The van der Waals surface area contributed by atoms with Crippen LogP contribution in [0.2, 0.25) is 0 Å². The van der Waals surface area contributed by atoms with Gasteiger partial charge in [-0.1, -0.05) is 18.2 Å². The van der Waals surface area contributed by atoms with E-state index in [1.165, 1.54) is 4.57 Å². The number of ether oxygens (including phenoxy) is 1. The Morgan fingerprint density at radius 3 is 2.82 bits per heavy atom. The summed E-state index contributed by atoms with van der Waals surface area (Å²) in [6.45, 7) is 1.72. The maximum Gasteiger partial charge on any atom is 0.351 e. The molecule has 5 atom stereocenters. The topological polar surface area (TPSA) is 93.4 Å². The van der Waals surface area contributed by atoms with Crippen molar-refractivity contribution in [1.29, 1.82) is 0 Å². The van der Waals surface area contributed by atoms with Gasteiger partial charge in [-0.15, -0.1) is 0 Å². The largest absolute Gasteiger partial charge is 0.387 e. The molecule has 7 nitrogen and oxygen atoms in total. The van der Waals surface area contributed by atoms with Crippen molar-refractivity contribution in [3.8, 4) is 0 Å². The second-order valence-corrected chi connectivity index (χ2v) is 8.12. The molecule has 2 N–H and O–H groups in total. The van der Waals surface area contributed by atoms with Crippen molar-refractivity contribution in [3.63, 3.8) is 0 Å². The highest BCUT2D eigenvalue weighted by Gasteiger charge is 2.75. The van der Waals surface area contributed by atoms with Gasteiger partial charge in [0.25, 0.3) is 5.91 Å². The number of fused-ring (bicyclic) bond motifs is 3. The van der Waals surface area contributed by atoms with Gasteiger partial charge in [-0.3, -0.25) is 9.36 Å². The molecule has 1 aromatic heterocycles. The minimum Gasteiger partial charge on any atom is -0.387 e. The molecule has 8 heteroatoms. The monoisotopic (exact) mass is 385 g/mol. The van der Waals surface area contributed by atoms with E-state index in [1.54, 1.807) is 43.5 Å². The number of benzene rings is 1. The van der Waals surface area contributed by atoms with Gasteiger partial charge in [0.05, 0.1) is 11.7 Å². The van der Waals surface area contributed by atoms with Crippen molar-refractivity contribution in [1.82, 2.24) is 9.55 Å². The van der Waals surface area contributed by atoms with Crippen LogP contribution in [-0.4, -0.2) is 37.9 Å². The van der Waals surface area contributed by atoms with Crippen molar-refractivity contribution in [2.75, 3.05) is 5.32 Å². The van der Waals surface area contributed by atoms with E-state index in [0.717, 1.165) is 0 Å². The third-order valence-electron chi connectivity index (χ3n) is 6.10. The maximum absolute atomic E-state index is 14.3. The molecule has 2 saturated carbocycles. The fourth-order valence-corrected chi connectivity index (χ4v) is 4.63. The van der Waals surface area contributed by atoms with Gasteiger partial charge in [0.2, 0.25) is 0 Å². The lowest BCUT2D eigenvalue weighted by Gasteiger charge is -2.22. The number of nitrogens with zero attached hydrogens (tertiary/aromatic N) is 2. The zero-order valence-electron chi connectivity index (χ0n) is 15.3. The van der Waals surface area contributed by atoms with E-state index in [4.69, 9.17) is 4.74 Å². The number of aromatic nitrogens is 2. The SMILES string of the molecule is Cc1cn([C@H]2C[C@@]3(O)C[C@]4(F)C[C@@H]4[C@H]3O2)c(=O)nc1NC(=O)c1ccccc1. The van der Waals surface area contributed by atoms with Crippen LogP contribution in [0.4, 0.5) is 10.2 Å². The van der Waals surface area contributed by atoms with E-state index in [9.17, 15) is 19.1 Å². The maximum atomic E-state index is 14.3. The molecule has 2 aromatic rings. The summed E-state index contributed by atoms with van der Waals surface area (Å²) in [7, 11) is 0. The summed E-state index contributed by atoms with van der Waals surface area (Å²) in [5.74, 6) is -0.476. The van der Waals surface area contributed by atoms with Crippen molar-refractivity contribution in [2.24, 2.45) is 5.92 Å². The number of rotatable bonds is 3. The van der Waals surface area contributed by atoms with Crippen LogP contribution in [0, 0.1) is 12.8 Å². The highest BCUT2D eigenvalue weighted by molar-refractivity contribution is 6.03. The average Bonchev–Trinajstić information content (AvgIpc) is 3.08. The van der Waals surface area contributed by atoms with Crippen molar-refractivity contribution >= 4 is 11.7 Å². The number of alkyl halides is 1. The summed E-state index contributed by atoms with van der Waals surface area (Å²) in [6, 6.07) is 8.64. The standard InChI is InChI=1S/C20H20FN3O4/c1-11-9-24(14-8-20(27)10-19(21)7-13(19)15(20)28-14)18(26)23-16(11)22-17(25)12-5-3-2-4-6-12/h2-6,9,13-15,27H,7-8,10H2,1H3,(H,22,23,25,26)/t13-,14-,15-,19-,20-/m1/s1. The number of aryl methyl sites for hydroxylation is 1. The van der Waals surface area contributed by atoms with E-state index < -0.39 is 29.3 Å². The summed E-state index contributed by atoms with van der Waals surface area (Å²) in [5, 5.41) is 13.4. The number of aliphatic hydroxyl groups is 1. The Labute approximate surface area is 160 Å². The van der Waals surface area contributed by atoms with E-state index in [2.05, 4.69) is 10.3 Å². The average molecular weight is 385 g/mol. The van der Waals surface area contributed by atoms with Gasteiger partial charge in [-0.25, -0.2) is 9.18 Å². The molecule has 0 bridgehead atoms. The Balaban J connectivity index is 1.37. The fourth-order valence-electron chi connectivity index (χ4n) is 4.63. The number of hydrogen-bond donors (Lipinski definition) is 2. The number of nitrogens with one attached hydrogen (secondary N) is 1. The quantitative estimate of drug-likeness (QED) is 0.842. The summed E-state index contributed by atoms with van der Waals surface area (Å²) in [4.78, 5) is 28.8. The van der Waals surface area contributed by atoms with Gasteiger partial charge in [0, 0.05) is 36.1 Å². The summed E-state index contributed by atoms with van der Waals surface area (Å²) in [5.41, 5.74) is -2.10. The molecular weight excluding hydrogens is 365 g/mol. The van der Waals surface area contributed by atoms with Crippen molar-refractivity contribution < 1.29 is 19.0 Å². The first-order chi connectivity index (χ1) is 13.3. The molecule has 0 radical (unpaired) electrons. The second-order valence-electron chi connectivity index (χ2n) is 8.12. The summed E-state index contributed by atoms with van der Waals surface area (Å²) < 4.78 is 21.5. The van der Waals surface area contributed by atoms with Crippen LogP contribution in [0.25, 0.3) is 0 Å². The lowest BCUT2D eigenvalue weighted by molar-refractivity contribution is -0.0558. The smallest absolute Gasteiger partial charge is 0.351 e. The number of carbonyl (C=O) groups excluding carboxylic acids is 1. The van der Waals surface area contributed by atoms with Crippen LogP contribution in [0.3, 0.4) is 0 Å². The lowest BCUT2D eigenvalue weighted by atomic mass is 9.93. The molecule has 1 amide bonds. The highest BCUT2D eigenvalue weighted by Crippen LogP contribution is 2.67. The van der Waals surface area contributed by atoms with E-state index >= 15 is 0 Å². The third-order valence-corrected chi connectivity index (χ3v) is 6.10. The van der Waals surface area contributed by atoms with Crippen molar-refractivity contribution in [2.45, 2.75) is 49.8 Å². The normalized spacial score (nSPS) is 35.3. The molecule has 28 heavy (non-hydrogen) atoms. The van der Waals surface area contributed by atoms with Crippen LogP contribution in [-0.2, 0) is 4.74 Å². The number of hydrogen-bond acceptors (Lipinski definition) is 5. The predicted octanol–water partition coefficient (Wildman–Crippen LogP) is 1.95. The first-order valence-corrected chi connectivity index (χ1v) is 9.32. The van der Waals surface area contributed by atoms with Crippen LogP contribution >= 0.6 is 0 Å². The van der Waals surface area contributed by atoms with Crippen LogP contribution in [0.1, 0.15) is 41.4 Å². The van der Waals surface area contributed by atoms with Crippen LogP contribution in [0.5, 0.6) is 0 Å². The molecule has 0 unspecified atom stereocenters. The van der Waals surface area contributed by atoms with E-state index in [-0.39, 0.29) is 30.5 Å². The molecule has 2 heterocycles. The Morgan fingerprint density at radius 2 is 2.11 bits per heavy atom. The molecular formula is C20H20FN3O4. The van der Waals surface area contributed by atoms with Crippen molar-refractivity contribution in [3.05, 3.63) is 58.1 Å². The van der Waals surface area contributed by atoms with E-state index in [1.807, 2.05) is 0 Å². The molecule has 1 aliphatic heterocycles. The van der Waals surface area contributed by atoms with Gasteiger partial charge in [0.1, 0.15) is 17.7 Å². The number of amides is 1. The van der Waals surface area contributed by atoms with Gasteiger partial charge in [-0.05, 0) is 25.5 Å². The number of anilines is 1. The molecule has 5 rings (SSSR count). The molecule has 3 aliphatic rings. The minimum atomic E-state index is -1.31. The Bertz CT molecular complexity index is 1030. The van der Waals surface area contributed by atoms with Crippen LogP contribution < -0.4 is 11.0 Å².